The van der Waals surface area contributed by atoms with Crippen LogP contribution in [-0.4, -0.2) is 6.54 Å². The summed E-state index contributed by atoms with van der Waals surface area (Å²) in [5.74, 6) is 1.81. The SMILES string of the molecule is CC(C)(C)C1CCCCC1CCN. The summed E-state index contributed by atoms with van der Waals surface area (Å²) in [5, 5.41) is 0. The van der Waals surface area contributed by atoms with Gasteiger partial charge < -0.3 is 5.73 Å². The monoisotopic (exact) mass is 183 g/mol. The Morgan fingerprint density at radius 1 is 1.15 bits per heavy atom. The molecule has 2 atom stereocenters. The molecule has 0 aromatic rings. The van der Waals surface area contributed by atoms with Gasteiger partial charge in [0.1, 0.15) is 0 Å². The van der Waals surface area contributed by atoms with Gasteiger partial charge in [-0.3, -0.25) is 0 Å². The average molecular weight is 183 g/mol. The first-order valence-electron chi connectivity index (χ1n) is 5.76. The molecule has 0 radical (unpaired) electrons. The highest BCUT2D eigenvalue weighted by atomic mass is 14.5. The van der Waals surface area contributed by atoms with E-state index < -0.39 is 0 Å². The van der Waals surface area contributed by atoms with Crippen molar-refractivity contribution < 1.29 is 0 Å². The van der Waals surface area contributed by atoms with Crippen molar-refractivity contribution in [3.63, 3.8) is 0 Å². The molecule has 0 aliphatic heterocycles. The lowest BCUT2D eigenvalue weighted by molar-refractivity contribution is 0.103. The molecule has 0 saturated heterocycles. The normalized spacial score (nSPS) is 30.5. The second-order valence-electron chi connectivity index (χ2n) is 5.59. The van der Waals surface area contributed by atoms with Gasteiger partial charge in [0.15, 0.2) is 0 Å². The fraction of sp³-hybridized carbons (Fsp3) is 1.00. The van der Waals surface area contributed by atoms with E-state index in [1.54, 1.807) is 0 Å². The van der Waals surface area contributed by atoms with E-state index in [4.69, 9.17) is 5.73 Å². The Balaban J connectivity index is 2.56. The van der Waals surface area contributed by atoms with Crippen LogP contribution in [0.5, 0.6) is 0 Å². The van der Waals surface area contributed by atoms with Crippen LogP contribution in [0.4, 0.5) is 0 Å². The lowest BCUT2D eigenvalue weighted by Crippen LogP contribution is -2.32. The molecule has 1 heteroatoms. The summed E-state index contributed by atoms with van der Waals surface area (Å²) in [6.45, 7) is 8.02. The summed E-state index contributed by atoms with van der Waals surface area (Å²) < 4.78 is 0. The van der Waals surface area contributed by atoms with Gasteiger partial charge in [-0.2, -0.15) is 0 Å². The molecule has 78 valence electrons. The van der Waals surface area contributed by atoms with Crippen molar-refractivity contribution in [1.82, 2.24) is 0 Å². The van der Waals surface area contributed by atoms with Crippen molar-refractivity contribution in [1.29, 1.82) is 0 Å². The van der Waals surface area contributed by atoms with Crippen LogP contribution in [0.25, 0.3) is 0 Å². The largest absolute Gasteiger partial charge is 0.330 e. The van der Waals surface area contributed by atoms with Gasteiger partial charge in [0.25, 0.3) is 0 Å². The molecule has 1 saturated carbocycles. The van der Waals surface area contributed by atoms with Gasteiger partial charge in [-0.15, -0.1) is 0 Å². The quantitative estimate of drug-likeness (QED) is 0.699. The zero-order valence-electron chi connectivity index (χ0n) is 9.47. The minimum Gasteiger partial charge on any atom is -0.330 e. The van der Waals surface area contributed by atoms with Crippen LogP contribution in [0.2, 0.25) is 0 Å². The summed E-state index contributed by atoms with van der Waals surface area (Å²) in [7, 11) is 0. The summed E-state index contributed by atoms with van der Waals surface area (Å²) in [5.41, 5.74) is 6.15. The zero-order chi connectivity index (χ0) is 9.90. The molecule has 1 aliphatic rings. The van der Waals surface area contributed by atoms with Gasteiger partial charge in [-0.25, -0.2) is 0 Å². The van der Waals surface area contributed by atoms with E-state index in [9.17, 15) is 0 Å². The molecule has 1 fully saturated rings. The van der Waals surface area contributed by atoms with Gasteiger partial charge in [0, 0.05) is 0 Å². The van der Waals surface area contributed by atoms with Gasteiger partial charge in [0.05, 0.1) is 0 Å². The van der Waals surface area contributed by atoms with Crippen LogP contribution in [0.1, 0.15) is 52.9 Å². The van der Waals surface area contributed by atoms with E-state index in [1.165, 1.54) is 32.1 Å². The van der Waals surface area contributed by atoms with Gasteiger partial charge in [-0.1, -0.05) is 40.0 Å². The van der Waals surface area contributed by atoms with Crippen molar-refractivity contribution >= 4 is 0 Å². The Labute approximate surface area is 83.1 Å². The minimum atomic E-state index is 0.486. The predicted octanol–water partition coefficient (Wildman–Crippen LogP) is 3.19. The Morgan fingerprint density at radius 3 is 2.31 bits per heavy atom. The Kier molecular flexibility index (Phi) is 3.78. The van der Waals surface area contributed by atoms with E-state index in [2.05, 4.69) is 20.8 Å². The molecule has 0 heterocycles. The fourth-order valence-electron chi connectivity index (χ4n) is 2.91. The van der Waals surface area contributed by atoms with Crippen molar-refractivity contribution in [2.45, 2.75) is 52.9 Å². The summed E-state index contributed by atoms with van der Waals surface area (Å²) in [4.78, 5) is 0. The lowest BCUT2D eigenvalue weighted by atomic mass is 9.65. The highest BCUT2D eigenvalue weighted by Gasteiger charge is 2.33. The molecule has 0 spiro atoms. The minimum absolute atomic E-state index is 0.486. The third-order valence-electron chi connectivity index (χ3n) is 3.56. The second-order valence-corrected chi connectivity index (χ2v) is 5.59. The maximum Gasteiger partial charge on any atom is -0.00745 e. The van der Waals surface area contributed by atoms with E-state index >= 15 is 0 Å². The number of rotatable bonds is 2. The second kappa shape index (κ2) is 4.45. The molecule has 2 unspecified atom stereocenters. The molecule has 2 N–H and O–H groups in total. The number of hydrogen-bond acceptors (Lipinski definition) is 1. The molecule has 0 amide bonds. The van der Waals surface area contributed by atoms with Crippen LogP contribution in [-0.2, 0) is 0 Å². The van der Waals surface area contributed by atoms with E-state index in [-0.39, 0.29) is 0 Å². The summed E-state index contributed by atoms with van der Waals surface area (Å²) in [6, 6.07) is 0. The van der Waals surface area contributed by atoms with Crippen LogP contribution in [0, 0.1) is 17.3 Å². The third kappa shape index (κ3) is 2.98. The summed E-state index contributed by atoms with van der Waals surface area (Å²) in [6.07, 6.45) is 6.94. The average Bonchev–Trinajstić information content (AvgIpc) is 2.04. The maximum atomic E-state index is 5.66. The van der Waals surface area contributed by atoms with E-state index in [0.717, 1.165) is 18.4 Å². The molecule has 0 bridgehead atoms. The molecule has 13 heavy (non-hydrogen) atoms. The van der Waals surface area contributed by atoms with Crippen LogP contribution in [0.3, 0.4) is 0 Å². The van der Waals surface area contributed by atoms with Crippen LogP contribution in [0.15, 0.2) is 0 Å². The van der Waals surface area contributed by atoms with Crippen LogP contribution >= 0.6 is 0 Å². The smallest absolute Gasteiger partial charge is 0.00745 e. The first-order chi connectivity index (χ1) is 6.05. The van der Waals surface area contributed by atoms with Gasteiger partial charge >= 0.3 is 0 Å². The first kappa shape index (κ1) is 11.0. The topological polar surface area (TPSA) is 26.0 Å². The fourth-order valence-corrected chi connectivity index (χ4v) is 2.91. The highest BCUT2D eigenvalue weighted by molar-refractivity contribution is 4.83. The van der Waals surface area contributed by atoms with E-state index in [0.29, 0.717) is 5.41 Å². The van der Waals surface area contributed by atoms with Crippen molar-refractivity contribution in [2.24, 2.45) is 23.0 Å². The zero-order valence-corrected chi connectivity index (χ0v) is 9.47. The first-order valence-corrected chi connectivity index (χ1v) is 5.76. The number of nitrogens with two attached hydrogens (primary N) is 1. The number of hydrogen-bond donors (Lipinski definition) is 1. The molecular formula is C12H25N. The molecule has 1 nitrogen and oxygen atoms in total. The molecular weight excluding hydrogens is 158 g/mol. The van der Waals surface area contributed by atoms with Gasteiger partial charge in [-0.05, 0) is 36.6 Å². The van der Waals surface area contributed by atoms with E-state index in [1.807, 2.05) is 0 Å². The van der Waals surface area contributed by atoms with Crippen molar-refractivity contribution in [3.8, 4) is 0 Å². The van der Waals surface area contributed by atoms with Crippen LogP contribution < -0.4 is 5.73 Å². The van der Waals surface area contributed by atoms with Gasteiger partial charge in [0.2, 0.25) is 0 Å². The molecule has 1 rings (SSSR count). The van der Waals surface area contributed by atoms with Crippen molar-refractivity contribution in [3.05, 3.63) is 0 Å². The molecule has 1 aliphatic carbocycles. The highest BCUT2D eigenvalue weighted by Crippen LogP contribution is 2.42. The maximum absolute atomic E-state index is 5.66. The standard InChI is InChI=1S/C12H25N/c1-12(2,3)11-7-5-4-6-10(11)8-9-13/h10-11H,4-9,13H2,1-3H3. The Morgan fingerprint density at radius 2 is 1.77 bits per heavy atom. The summed E-state index contributed by atoms with van der Waals surface area (Å²) >= 11 is 0. The molecule has 0 aromatic carbocycles. The van der Waals surface area contributed by atoms with Crippen molar-refractivity contribution in [2.75, 3.05) is 6.54 Å². The Hall–Kier alpha value is -0.0400. The predicted molar refractivity (Wildman–Crippen MR) is 58.6 cm³/mol. The molecule has 0 aromatic heterocycles. The Bertz CT molecular complexity index is 144. The third-order valence-corrected chi connectivity index (χ3v) is 3.56. The lowest BCUT2D eigenvalue weighted by Gasteiger charge is -2.40.